The maximum absolute atomic E-state index is 13.7. The maximum Gasteiger partial charge on any atom is 0.335 e. The van der Waals surface area contributed by atoms with Crippen LogP contribution < -0.4 is 19.5 Å². The second-order valence-electron chi connectivity index (χ2n) is 4.39. The monoisotopic (exact) mass is 441 g/mol. The summed E-state index contributed by atoms with van der Waals surface area (Å²) in [7, 11) is -2.05. The second-order valence-corrected chi connectivity index (χ2v) is 7.51. The molecule has 0 saturated heterocycles. The normalized spacial score (nSPS) is 12.2. The van der Waals surface area contributed by atoms with Crippen LogP contribution in [-0.4, -0.2) is 43.6 Å². The number of anilines is 1. The number of hydrogen-bond donors (Lipinski definition) is 2. The third kappa shape index (κ3) is 4.99. The third-order valence-corrected chi connectivity index (χ3v) is 5.67. The van der Waals surface area contributed by atoms with E-state index in [0.29, 0.717) is 11.3 Å². The average molecular weight is 442 g/mol. The summed E-state index contributed by atoms with van der Waals surface area (Å²) < 4.78 is 61.6. The van der Waals surface area contributed by atoms with Crippen molar-refractivity contribution in [1.29, 1.82) is 0 Å². The van der Waals surface area contributed by atoms with E-state index < -0.39 is 36.9 Å². The molecular weight excluding hydrogens is 432 g/mol. The van der Waals surface area contributed by atoms with E-state index in [1.165, 1.54) is 19.6 Å². The van der Waals surface area contributed by atoms with Crippen LogP contribution in [0.1, 0.15) is 5.56 Å². The molecule has 0 aliphatic carbocycles. The number of nitrogens with one attached hydrogen (secondary N) is 2. The first-order chi connectivity index (χ1) is 12.7. The summed E-state index contributed by atoms with van der Waals surface area (Å²) in [5, 5.41) is 1.49. The van der Waals surface area contributed by atoms with Crippen molar-refractivity contribution in [3.05, 3.63) is 22.3 Å². The smallest absolute Gasteiger partial charge is 0.335 e. The van der Waals surface area contributed by atoms with E-state index in [4.69, 9.17) is 21.1 Å². The standard InChI is InChI=1S/C12H10ClF2N5O5S2/c1-24-11-17-9(18-12(19-11)25-2)16-10(21)20-27(22,23)8-5(3-4-26-8)6(14)7(13)15/h3-4H,1-2H3,(H2,16,17,18,19,20,21)/b7-6+. The highest BCUT2D eigenvalue weighted by Gasteiger charge is 2.26. The van der Waals surface area contributed by atoms with Crippen molar-refractivity contribution in [1.82, 2.24) is 19.7 Å². The number of aromatic nitrogens is 3. The van der Waals surface area contributed by atoms with Crippen molar-refractivity contribution in [3.63, 3.8) is 0 Å². The lowest BCUT2D eigenvalue weighted by Gasteiger charge is -2.09. The fourth-order valence-corrected chi connectivity index (χ4v) is 3.99. The molecule has 146 valence electrons. The fraction of sp³-hybridized carbons (Fsp3) is 0.167. The van der Waals surface area contributed by atoms with Crippen LogP contribution in [-0.2, 0) is 10.0 Å². The molecule has 0 fully saturated rings. The van der Waals surface area contributed by atoms with Crippen LogP contribution in [0.3, 0.4) is 0 Å². The van der Waals surface area contributed by atoms with Gasteiger partial charge in [0, 0.05) is 5.56 Å². The molecule has 10 nitrogen and oxygen atoms in total. The lowest BCUT2D eigenvalue weighted by molar-refractivity contribution is 0.256. The first-order valence-corrected chi connectivity index (χ1v) is 9.38. The summed E-state index contributed by atoms with van der Waals surface area (Å²) >= 11 is 5.47. The molecule has 27 heavy (non-hydrogen) atoms. The Morgan fingerprint density at radius 2 is 1.78 bits per heavy atom. The summed E-state index contributed by atoms with van der Waals surface area (Å²) in [5.74, 6) is -1.96. The lowest BCUT2D eigenvalue weighted by Crippen LogP contribution is -2.34. The number of carbonyl (C=O) groups is 1. The molecule has 0 aliphatic heterocycles. The Morgan fingerprint density at radius 1 is 1.19 bits per heavy atom. The Morgan fingerprint density at radius 3 is 2.30 bits per heavy atom. The number of methoxy groups -OCH3 is 2. The molecule has 0 aliphatic rings. The number of hydrogen-bond acceptors (Lipinski definition) is 9. The van der Waals surface area contributed by atoms with Crippen molar-refractivity contribution in [2.24, 2.45) is 0 Å². The van der Waals surface area contributed by atoms with Gasteiger partial charge >= 0.3 is 18.1 Å². The number of ether oxygens (including phenoxy) is 2. The van der Waals surface area contributed by atoms with Gasteiger partial charge in [0.15, 0.2) is 10.0 Å². The topological polar surface area (TPSA) is 132 Å². The van der Waals surface area contributed by atoms with Gasteiger partial charge in [-0.25, -0.2) is 22.3 Å². The van der Waals surface area contributed by atoms with Gasteiger partial charge in [-0.3, -0.25) is 5.32 Å². The van der Waals surface area contributed by atoms with Crippen LogP contribution in [0, 0.1) is 0 Å². The number of carbonyl (C=O) groups excluding carboxylic acids is 1. The van der Waals surface area contributed by atoms with Crippen molar-refractivity contribution in [2.45, 2.75) is 4.21 Å². The number of amides is 2. The molecule has 0 atom stereocenters. The van der Waals surface area contributed by atoms with Gasteiger partial charge in [0.25, 0.3) is 10.0 Å². The van der Waals surface area contributed by atoms with Crippen LogP contribution in [0.5, 0.6) is 12.0 Å². The zero-order valence-corrected chi connectivity index (χ0v) is 15.9. The molecule has 0 spiro atoms. The highest BCUT2D eigenvalue weighted by molar-refractivity contribution is 7.92. The second kappa shape index (κ2) is 8.41. The molecule has 2 amide bonds. The quantitative estimate of drug-likeness (QED) is 0.697. The van der Waals surface area contributed by atoms with Gasteiger partial charge in [-0.1, -0.05) is 0 Å². The van der Waals surface area contributed by atoms with Crippen LogP contribution in [0.15, 0.2) is 20.9 Å². The van der Waals surface area contributed by atoms with Gasteiger partial charge in [-0.2, -0.15) is 14.4 Å². The summed E-state index contributed by atoms with van der Waals surface area (Å²) in [4.78, 5) is 23.0. The first kappa shape index (κ1) is 20.7. The van der Waals surface area contributed by atoms with E-state index in [1.54, 1.807) is 4.72 Å². The Balaban J connectivity index is 2.24. The van der Waals surface area contributed by atoms with Gasteiger partial charge in [-0.05, 0) is 23.0 Å². The summed E-state index contributed by atoms with van der Waals surface area (Å²) in [5.41, 5.74) is -0.628. The molecule has 2 rings (SSSR count). The van der Waals surface area contributed by atoms with E-state index in [2.05, 4.69) is 15.0 Å². The van der Waals surface area contributed by atoms with E-state index in [1.807, 2.05) is 5.32 Å². The molecule has 0 aromatic carbocycles. The maximum atomic E-state index is 13.7. The van der Waals surface area contributed by atoms with Crippen molar-refractivity contribution in [2.75, 3.05) is 19.5 Å². The van der Waals surface area contributed by atoms with E-state index >= 15 is 0 Å². The highest BCUT2D eigenvalue weighted by Crippen LogP contribution is 2.32. The highest BCUT2D eigenvalue weighted by atomic mass is 35.5. The SMILES string of the molecule is COc1nc(NC(=O)NS(=O)(=O)c2sccc2/C(F)=C(\F)Cl)nc(OC)n1. The Hall–Kier alpha value is -2.58. The summed E-state index contributed by atoms with van der Waals surface area (Å²) in [6.07, 6.45) is 0. The average Bonchev–Trinajstić information content (AvgIpc) is 3.10. The molecule has 15 heteroatoms. The van der Waals surface area contributed by atoms with Crippen LogP contribution in [0.2, 0.25) is 0 Å². The molecule has 0 bridgehead atoms. The van der Waals surface area contributed by atoms with Crippen LogP contribution in [0.4, 0.5) is 19.5 Å². The summed E-state index contributed by atoms with van der Waals surface area (Å²) in [6, 6.07) is -0.688. The molecule has 2 heterocycles. The molecule has 2 N–H and O–H groups in total. The largest absolute Gasteiger partial charge is 0.467 e. The van der Waals surface area contributed by atoms with Crippen molar-refractivity contribution >= 4 is 50.8 Å². The number of nitrogens with zero attached hydrogens (tertiary/aromatic N) is 3. The lowest BCUT2D eigenvalue weighted by atomic mass is 10.3. The molecular formula is C12H10ClF2N5O5S2. The molecule has 2 aromatic heterocycles. The predicted molar refractivity (Wildman–Crippen MR) is 91.6 cm³/mol. The van der Waals surface area contributed by atoms with Gasteiger partial charge < -0.3 is 9.47 Å². The number of thiophene rings is 1. The molecule has 0 radical (unpaired) electrons. The minimum atomic E-state index is -4.55. The minimum Gasteiger partial charge on any atom is -0.467 e. The van der Waals surface area contributed by atoms with E-state index in [0.717, 1.165) is 6.07 Å². The van der Waals surface area contributed by atoms with Crippen LogP contribution in [0.25, 0.3) is 5.83 Å². The fourth-order valence-electron chi connectivity index (χ4n) is 1.64. The van der Waals surface area contributed by atoms with Gasteiger partial charge in [-0.15, -0.1) is 16.3 Å². The molecule has 0 saturated carbocycles. The Labute approximate surface area is 160 Å². The Kier molecular flexibility index (Phi) is 6.45. The Bertz CT molecular complexity index is 972. The van der Waals surface area contributed by atoms with Gasteiger partial charge in [0.2, 0.25) is 11.2 Å². The molecule has 2 aromatic rings. The predicted octanol–water partition coefficient (Wildman–Crippen LogP) is 2.26. The number of rotatable bonds is 6. The van der Waals surface area contributed by atoms with Crippen molar-refractivity contribution < 1.29 is 31.5 Å². The number of sulfonamides is 1. The van der Waals surface area contributed by atoms with E-state index in [9.17, 15) is 22.0 Å². The number of halogens is 3. The van der Waals surface area contributed by atoms with Gasteiger partial charge in [0.05, 0.1) is 14.2 Å². The van der Waals surface area contributed by atoms with Gasteiger partial charge in [0.1, 0.15) is 0 Å². The van der Waals surface area contributed by atoms with Crippen molar-refractivity contribution in [3.8, 4) is 12.0 Å². The third-order valence-electron chi connectivity index (χ3n) is 2.69. The first-order valence-electron chi connectivity index (χ1n) is 6.64. The van der Waals surface area contributed by atoms with E-state index in [-0.39, 0.29) is 18.0 Å². The minimum absolute atomic E-state index is 0.203. The summed E-state index contributed by atoms with van der Waals surface area (Å²) in [6.45, 7) is 0. The zero-order chi connectivity index (χ0) is 20.2. The number of urea groups is 1. The molecule has 0 unspecified atom stereocenters. The zero-order valence-electron chi connectivity index (χ0n) is 13.5. The van der Waals surface area contributed by atoms with Crippen LogP contribution >= 0.6 is 22.9 Å².